The van der Waals surface area contributed by atoms with Gasteiger partial charge in [0.15, 0.2) is 0 Å². The van der Waals surface area contributed by atoms with Crippen LogP contribution in [0.15, 0.2) is 18.2 Å². The van der Waals surface area contributed by atoms with Crippen molar-refractivity contribution in [3.8, 4) is 5.75 Å². The van der Waals surface area contributed by atoms with Crippen LogP contribution >= 0.6 is 0 Å². The lowest BCUT2D eigenvalue weighted by Crippen LogP contribution is -2.39. The van der Waals surface area contributed by atoms with Crippen LogP contribution in [0, 0.1) is 0 Å². The van der Waals surface area contributed by atoms with Crippen molar-refractivity contribution >= 4 is 0 Å². The second-order valence-corrected chi connectivity index (χ2v) is 6.31. The molecule has 0 aromatic heterocycles. The highest BCUT2D eigenvalue weighted by atomic mass is 19.1. The number of hydrogen-bond acceptors (Lipinski definition) is 2. The zero-order valence-corrected chi connectivity index (χ0v) is 12.1. The van der Waals surface area contributed by atoms with Crippen molar-refractivity contribution in [3.63, 3.8) is 0 Å². The first-order valence-electron chi connectivity index (χ1n) is 7.08. The lowest BCUT2D eigenvalue weighted by atomic mass is 10.0. The molecule has 0 spiro atoms. The number of ether oxygens (including phenoxy) is 1. The zero-order chi connectivity index (χ0) is 13.9. The zero-order valence-electron chi connectivity index (χ0n) is 12.1. The summed E-state index contributed by atoms with van der Waals surface area (Å²) in [6.45, 7) is 7.37. The minimum atomic E-state index is -0.788. The molecule has 0 bridgehead atoms. The Morgan fingerprint density at radius 1 is 1.37 bits per heavy atom. The van der Waals surface area contributed by atoms with Crippen LogP contribution in [-0.2, 0) is 12.8 Å². The van der Waals surface area contributed by atoms with Crippen molar-refractivity contribution in [2.75, 3.05) is 13.2 Å². The topological polar surface area (TPSA) is 21.3 Å². The molecular weight excluding hydrogens is 241 g/mol. The molecule has 0 saturated carbocycles. The van der Waals surface area contributed by atoms with Gasteiger partial charge in [-0.1, -0.05) is 12.1 Å². The van der Waals surface area contributed by atoms with E-state index >= 15 is 0 Å². The first kappa shape index (κ1) is 14.3. The van der Waals surface area contributed by atoms with E-state index in [1.807, 2.05) is 12.1 Å². The van der Waals surface area contributed by atoms with E-state index in [9.17, 15) is 4.39 Å². The highest BCUT2D eigenvalue weighted by Gasteiger charge is 2.15. The molecule has 0 saturated heterocycles. The summed E-state index contributed by atoms with van der Waals surface area (Å²) in [5.74, 6) is 0.995. The van der Waals surface area contributed by atoms with Crippen LogP contribution in [-0.4, -0.2) is 24.9 Å². The first-order chi connectivity index (χ1) is 8.94. The van der Waals surface area contributed by atoms with Gasteiger partial charge in [0.05, 0.1) is 6.61 Å². The molecule has 1 aliphatic rings. The Bertz CT molecular complexity index is 425. The molecule has 2 rings (SSSR count). The number of rotatable bonds is 5. The van der Waals surface area contributed by atoms with E-state index in [0.717, 1.165) is 25.2 Å². The summed E-state index contributed by atoms with van der Waals surface area (Å²) in [6.07, 6.45) is 1.56. The molecule has 2 nitrogen and oxygen atoms in total. The Balaban J connectivity index is 1.79. The molecule has 1 heterocycles. The van der Waals surface area contributed by atoms with E-state index in [1.165, 1.54) is 11.1 Å². The third-order valence-electron chi connectivity index (χ3n) is 3.35. The quantitative estimate of drug-likeness (QED) is 0.882. The minimum Gasteiger partial charge on any atom is -0.493 e. The molecule has 1 atom stereocenters. The van der Waals surface area contributed by atoms with Gasteiger partial charge in [-0.2, -0.15) is 0 Å². The summed E-state index contributed by atoms with van der Waals surface area (Å²) in [6, 6.07) is 6.22. The van der Waals surface area contributed by atoms with E-state index in [-0.39, 0.29) is 5.54 Å². The summed E-state index contributed by atoms with van der Waals surface area (Å²) < 4.78 is 19.3. The highest BCUT2D eigenvalue weighted by molar-refractivity contribution is 5.39. The van der Waals surface area contributed by atoms with Crippen LogP contribution in [0.5, 0.6) is 5.75 Å². The molecular formula is C16H24FNO. The number of aryl methyl sites for hydroxylation is 1. The fourth-order valence-electron chi connectivity index (χ4n) is 2.24. The van der Waals surface area contributed by atoms with E-state index in [4.69, 9.17) is 4.74 Å². The fourth-order valence-corrected chi connectivity index (χ4v) is 2.24. The molecule has 0 fully saturated rings. The number of nitrogens with one attached hydrogen (secondary N) is 1. The van der Waals surface area contributed by atoms with Crippen LogP contribution in [0.4, 0.5) is 4.39 Å². The van der Waals surface area contributed by atoms with E-state index in [1.54, 1.807) is 0 Å². The molecule has 1 N–H and O–H groups in total. The Hall–Kier alpha value is -1.09. The lowest BCUT2D eigenvalue weighted by Gasteiger charge is -2.22. The summed E-state index contributed by atoms with van der Waals surface area (Å²) in [5.41, 5.74) is 2.46. The fraction of sp³-hybridized carbons (Fsp3) is 0.625. The Kier molecular flexibility index (Phi) is 4.46. The second-order valence-electron chi connectivity index (χ2n) is 6.31. The van der Waals surface area contributed by atoms with Gasteiger partial charge >= 0.3 is 0 Å². The van der Waals surface area contributed by atoms with Gasteiger partial charge in [-0.25, -0.2) is 4.39 Å². The molecule has 3 heteroatoms. The predicted molar refractivity (Wildman–Crippen MR) is 76.6 cm³/mol. The van der Waals surface area contributed by atoms with E-state index < -0.39 is 6.17 Å². The standard InChI is InChI=1S/C16H24FNO/c1-16(2,3)18-11-14(17)6-4-12-5-7-15-13(10-12)8-9-19-15/h5,7,10,14,18H,4,6,8-9,11H2,1-3H3. The van der Waals surface area contributed by atoms with E-state index in [2.05, 4.69) is 32.2 Å². The van der Waals surface area contributed by atoms with Crippen LogP contribution in [0.2, 0.25) is 0 Å². The molecule has 0 amide bonds. The van der Waals surface area contributed by atoms with E-state index in [0.29, 0.717) is 13.0 Å². The van der Waals surface area contributed by atoms with Crippen molar-refractivity contribution in [2.24, 2.45) is 0 Å². The third-order valence-corrected chi connectivity index (χ3v) is 3.35. The maximum absolute atomic E-state index is 13.8. The van der Waals surface area contributed by atoms with Crippen molar-refractivity contribution in [1.29, 1.82) is 0 Å². The van der Waals surface area contributed by atoms with Gasteiger partial charge < -0.3 is 10.1 Å². The second kappa shape index (κ2) is 5.91. The van der Waals surface area contributed by atoms with Gasteiger partial charge in [0.25, 0.3) is 0 Å². The Morgan fingerprint density at radius 3 is 2.89 bits per heavy atom. The van der Waals surface area contributed by atoms with Gasteiger partial charge in [0, 0.05) is 18.5 Å². The molecule has 1 aliphatic heterocycles. The Labute approximate surface area is 115 Å². The minimum absolute atomic E-state index is 0.0186. The largest absolute Gasteiger partial charge is 0.493 e. The summed E-state index contributed by atoms with van der Waals surface area (Å²) in [5, 5.41) is 3.20. The SMILES string of the molecule is CC(C)(C)NCC(F)CCc1ccc2c(c1)CCO2. The maximum Gasteiger partial charge on any atom is 0.122 e. The van der Waals surface area contributed by atoms with Crippen LogP contribution < -0.4 is 10.1 Å². The van der Waals surface area contributed by atoms with Crippen LogP contribution in [0.25, 0.3) is 0 Å². The summed E-state index contributed by atoms with van der Waals surface area (Å²) >= 11 is 0. The van der Waals surface area contributed by atoms with Crippen molar-refractivity contribution < 1.29 is 9.13 Å². The number of halogens is 1. The smallest absolute Gasteiger partial charge is 0.122 e. The van der Waals surface area contributed by atoms with Gasteiger partial charge in [-0.3, -0.25) is 0 Å². The maximum atomic E-state index is 13.8. The van der Waals surface area contributed by atoms with Gasteiger partial charge in [0.1, 0.15) is 11.9 Å². The molecule has 106 valence electrons. The number of benzene rings is 1. The van der Waals surface area contributed by atoms with Gasteiger partial charge in [0.2, 0.25) is 0 Å². The van der Waals surface area contributed by atoms with Crippen molar-refractivity contribution in [3.05, 3.63) is 29.3 Å². The van der Waals surface area contributed by atoms with Crippen molar-refractivity contribution in [1.82, 2.24) is 5.32 Å². The molecule has 0 radical (unpaired) electrons. The van der Waals surface area contributed by atoms with Gasteiger partial charge in [-0.15, -0.1) is 0 Å². The summed E-state index contributed by atoms with van der Waals surface area (Å²) in [4.78, 5) is 0. The molecule has 19 heavy (non-hydrogen) atoms. The molecule has 0 aliphatic carbocycles. The number of fused-ring (bicyclic) bond motifs is 1. The monoisotopic (exact) mass is 265 g/mol. The third kappa shape index (κ3) is 4.50. The van der Waals surface area contributed by atoms with Gasteiger partial charge in [-0.05, 0) is 50.8 Å². The Morgan fingerprint density at radius 2 is 2.16 bits per heavy atom. The number of alkyl halides is 1. The first-order valence-corrected chi connectivity index (χ1v) is 7.08. The van der Waals surface area contributed by atoms with Crippen LogP contribution in [0.3, 0.4) is 0 Å². The van der Waals surface area contributed by atoms with Crippen LogP contribution in [0.1, 0.15) is 38.3 Å². The lowest BCUT2D eigenvalue weighted by molar-refractivity contribution is 0.272. The predicted octanol–water partition coefficient (Wildman–Crippen LogP) is 3.28. The average Bonchev–Trinajstić information content (AvgIpc) is 2.80. The number of hydrogen-bond donors (Lipinski definition) is 1. The molecule has 1 unspecified atom stereocenters. The van der Waals surface area contributed by atoms with Crippen molar-refractivity contribution in [2.45, 2.75) is 51.7 Å². The molecule has 1 aromatic carbocycles. The highest BCUT2D eigenvalue weighted by Crippen LogP contribution is 2.26. The average molecular weight is 265 g/mol. The normalized spacial score (nSPS) is 16.0. The summed E-state index contributed by atoms with van der Waals surface area (Å²) in [7, 11) is 0. The molecule has 1 aromatic rings.